The highest BCUT2D eigenvalue weighted by atomic mass is 16.5. The van der Waals surface area contributed by atoms with Crippen LogP contribution in [0.15, 0.2) is 28.8 Å². The second kappa shape index (κ2) is 6.19. The molecule has 0 spiro atoms. The number of pyridine rings is 1. The molecular weight excluding hydrogens is 310 g/mol. The number of aryl methyl sites for hydroxylation is 2. The number of amides is 1. The predicted octanol–water partition coefficient (Wildman–Crippen LogP) is 3.11. The van der Waals surface area contributed by atoms with Crippen molar-refractivity contribution in [3.63, 3.8) is 0 Å². The molecule has 7 nitrogen and oxygen atoms in total. The smallest absolute Gasteiger partial charge is 0.258 e. The van der Waals surface area contributed by atoms with E-state index in [2.05, 4.69) is 15.5 Å². The standard InChI is InChI=1S/C17H17N3O4/c1-9-7-12(15-10(2)20-24-17(15)18-9)16(21)19-13-6-5-11(22-3)8-14(13)23-4/h5-8H,1-4H3,(H,19,21). The first-order valence-electron chi connectivity index (χ1n) is 7.30. The monoisotopic (exact) mass is 327 g/mol. The normalized spacial score (nSPS) is 10.7. The lowest BCUT2D eigenvalue weighted by atomic mass is 10.1. The number of carbonyl (C=O) groups excluding carboxylic acids is 1. The van der Waals surface area contributed by atoms with E-state index in [0.29, 0.717) is 45.2 Å². The predicted molar refractivity (Wildman–Crippen MR) is 88.8 cm³/mol. The summed E-state index contributed by atoms with van der Waals surface area (Å²) in [5.41, 5.74) is 2.63. The minimum atomic E-state index is -0.291. The van der Waals surface area contributed by atoms with Crippen LogP contribution in [0.4, 0.5) is 5.69 Å². The minimum Gasteiger partial charge on any atom is -0.497 e. The van der Waals surface area contributed by atoms with Crippen molar-refractivity contribution in [2.45, 2.75) is 13.8 Å². The van der Waals surface area contributed by atoms with Crippen LogP contribution in [-0.4, -0.2) is 30.3 Å². The molecule has 7 heteroatoms. The fourth-order valence-electron chi connectivity index (χ4n) is 2.49. The molecule has 1 aromatic carbocycles. The molecule has 24 heavy (non-hydrogen) atoms. The van der Waals surface area contributed by atoms with Gasteiger partial charge in [0.25, 0.3) is 11.6 Å². The van der Waals surface area contributed by atoms with Gasteiger partial charge in [-0.25, -0.2) is 4.98 Å². The van der Waals surface area contributed by atoms with E-state index in [1.165, 1.54) is 7.11 Å². The number of hydrogen-bond acceptors (Lipinski definition) is 6. The zero-order chi connectivity index (χ0) is 17.3. The molecule has 124 valence electrons. The maximum absolute atomic E-state index is 12.8. The summed E-state index contributed by atoms with van der Waals surface area (Å²) < 4.78 is 15.6. The van der Waals surface area contributed by atoms with Crippen molar-refractivity contribution in [1.29, 1.82) is 0 Å². The van der Waals surface area contributed by atoms with Crippen LogP contribution in [0.2, 0.25) is 0 Å². The molecule has 0 atom stereocenters. The second-order valence-corrected chi connectivity index (χ2v) is 5.28. The van der Waals surface area contributed by atoms with Gasteiger partial charge in [-0.15, -0.1) is 0 Å². The molecule has 0 radical (unpaired) electrons. The van der Waals surface area contributed by atoms with E-state index in [1.807, 2.05) is 0 Å². The third kappa shape index (κ3) is 2.76. The van der Waals surface area contributed by atoms with Gasteiger partial charge in [-0.3, -0.25) is 4.79 Å². The van der Waals surface area contributed by atoms with Gasteiger partial charge in [0.05, 0.1) is 36.6 Å². The molecule has 0 unspecified atom stereocenters. The molecule has 0 fully saturated rings. The number of ether oxygens (including phenoxy) is 2. The first-order valence-corrected chi connectivity index (χ1v) is 7.30. The quantitative estimate of drug-likeness (QED) is 0.792. The van der Waals surface area contributed by atoms with Crippen molar-refractivity contribution in [3.8, 4) is 11.5 Å². The second-order valence-electron chi connectivity index (χ2n) is 5.28. The molecular formula is C17H17N3O4. The zero-order valence-electron chi connectivity index (χ0n) is 13.8. The Morgan fingerprint density at radius 2 is 1.96 bits per heavy atom. The lowest BCUT2D eigenvalue weighted by Crippen LogP contribution is -2.14. The van der Waals surface area contributed by atoms with E-state index in [-0.39, 0.29) is 5.91 Å². The summed E-state index contributed by atoms with van der Waals surface area (Å²) in [6.45, 7) is 3.57. The van der Waals surface area contributed by atoms with Crippen LogP contribution in [0.1, 0.15) is 21.7 Å². The van der Waals surface area contributed by atoms with Crippen molar-refractivity contribution in [2.75, 3.05) is 19.5 Å². The topological polar surface area (TPSA) is 86.5 Å². The number of anilines is 1. The minimum absolute atomic E-state index is 0.291. The maximum atomic E-state index is 12.8. The van der Waals surface area contributed by atoms with Crippen LogP contribution in [0.5, 0.6) is 11.5 Å². The molecule has 0 aliphatic heterocycles. The Morgan fingerprint density at radius 1 is 1.17 bits per heavy atom. The first-order chi connectivity index (χ1) is 11.5. The van der Waals surface area contributed by atoms with Gasteiger partial charge in [0.2, 0.25) is 0 Å². The zero-order valence-corrected chi connectivity index (χ0v) is 13.8. The molecule has 0 aliphatic rings. The number of nitrogens with one attached hydrogen (secondary N) is 1. The number of fused-ring (bicyclic) bond motifs is 1. The lowest BCUT2D eigenvalue weighted by Gasteiger charge is -2.12. The van der Waals surface area contributed by atoms with Crippen LogP contribution in [0.25, 0.3) is 11.1 Å². The molecule has 2 heterocycles. The third-order valence-electron chi connectivity index (χ3n) is 3.65. The molecule has 0 bridgehead atoms. The Labute approximate surface area is 138 Å². The number of rotatable bonds is 4. The highest BCUT2D eigenvalue weighted by Crippen LogP contribution is 2.30. The van der Waals surface area contributed by atoms with Gasteiger partial charge in [0, 0.05) is 11.8 Å². The van der Waals surface area contributed by atoms with E-state index in [1.54, 1.807) is 45.2 Å². The highest BCUT2D eigenvalue weighted by molar-refractivity contribution is 6.12. The SMILES string of the molecule is COc1ccc(NC(=O)c2cc(C)nc3onc(C)c23)c(OC)c1. The van der Waals surface area contributed by atoms with Crippen molar-refractivity contribution >= 4 is 22.7 Å². The molecule has 3 rings (SSSR count). The fraction of sp³-hybridized carbons (Fsp3) is 0.235. The Kier molecular flexibility index (Phi) is 4.07. The van der Waals surface area contributed by atoms with Crippen LogP contribution < -0.4 is 14.8 Å². The van der Waals surface area contributed by atoms with Gasteiger partial charge >= 0.3 is 0 Å². The van der Waals surface area contributed by atoms with Crippen LogP contribution in [0.3, 0.4) is 0 Å². The Hall–Kier alpha value is -3.09. The summed E-state index contributed by atoms with van der Waals surface area (Å²) >= 11 is 0. The summed E-state index contributed by atoms with van der Waals surface area (Å²) in [4.78, 5) is 17.0. The van der Waals surface area contributed by atoms with Crippen LogP contribution in [-0.2, 0) is 0 Å². The fourth-order valence-corrected chi connectivity index (χ4v) is 2.49. The molecule has 1 N–H and O–H groups in total. The number of aromatic nitrogens is 2. The summed E-state index contributed by atoms with van der Waals surface area (Å²) in [7, 11) is 3.10. The number of carbonyl (C=O) groups is 1. The van der Waals surface area contributed by atoms with Crippen molar-refractivity contribution < 1.29 is 18.8 Å². The van der Waals surface area contributed by atoms with Gasteiger partial charge in [0.15, 0.2) is 0 Å². The number of benzene rings is 1. The maximum Gasteiger partial charge on any atom is 0.258 e. The van der Waals surface area contributed by atoms with Gasteiger partial charge in [0.1, 0.15) is 11.5 Å². The highest BCUT2D eigenvalue weighted by Gasteiger charge is 2.19. The van der Waals surface area contributed by atoms with Gasteiger partial charge < -0.3 is 19.3 Å². The molecule has 3 aromatic rings. The van der Waals surface area contributed by atoms with Crippen molar-refractivity contribution in [2.24, 2.45) is 0 Å². The molecule has 1 amide bonds. The van der Waals surface area contributed by atoms with E-state index >= 15 is 0 Å². The van der Waals surface area contributed by atoms with Gasteiger partial charge in [-0.2, -0.15) is 0 Å². The summed E-state index contributed by atoms with van der Waals surface area (Å²) in [5, 5.41) is 7.34. The molecule has 0 saturated carbocycles. The molecule has 2 aromatic heterocycles. The number of nitrogens with zero attached hydrogens (tertiary/aromatic N) is 2. The van der Waals surface area contributed by atoms with E-state index in [0.717, 1.165) is 0 Å². The number of methoxy groups -OCH3 is 2. The number of hydrogen-bond donors (Lipinski definition) is 1. The summed E-state index contributed by atoms with van der Waals surface area (Å²) in [6.07, 6.45) is 0. The van der Waals surface area contributed by atoms with E-state index < -0.39 is 0 Å². The Morgan fingerprint density at radius 3 is 2.67 bits per heavy atom. The lowest BCUT2D eigenvalue weighted by molar-refractivity contribution is 0.102. The van der Waals surface area contributed by atoms with Crippen molar-refractivity contribution in [1.82, 2.24) is 10.1 Å². The third-order valence-corrected chi connectivity index (χ3v) is 3.65. The largest absolute Gasteiger partial charge is 0.497 e. The Balaban J connectivity index is 2.00. The van der Waals surface area contributed by atoms with E-state index in [4.69, 9.17) is 14.0 Å². The molecule has 0 saturated heterocycles. The Bertz CT molecular complexity index is 918. The van der Waals surface area contributed by atoms with Crippen LogP contribution >= 0.6 is 0 Å². The summed E-state index contributed by atoms with van der Waals surface area (Å²) in [6, 6.07) is 6.88. The van der Waals surface area contributed by atoms with Crippen molar-refractivity contribution in [3.05, 3.63) is 41.2 Å². The summed E-state index contributed by atoms with van der Waals surface area (Å²) in [5.74, 6) is 0.855. The van der Waals surface area contributed by atoms with Crippen LogP contribution in [0, 0.1) is 13.8 Å². The average molecular weight is 327 g/mol. The van der Waals surface area contributed by atoms with E-state index in [9.17, 15) is 4.79 Å². The average Bonchev–Trinajstić information content (AvgIpc) is 2.95. The van der Waals surface area contributed by atoms with Gasteiger partial charge in [-0.05, 0) is 32.0 Å². The first kappa shape index (κ1) is 15.8. The molecule has 0 aliphatic carbocycles. The van der Waals surface area contributed by atoms with Gasteiger partial charge in [-0.1, -0.05) is 5.16 Å².